The average Bonchev–Trinajstić information content (AvgIpc) is 2.28. The first-order chi connectivity index (χ1) is 7.63. The molecule has 1 aliphatic heterocycles. The van der Waals surface area contributed by atoms with Crippen LogP contribution in [0.25, 0.3) is 0 Å². The first-order valence-corrected chi connectivity index (χ1v) is 5.93. The van der Waals surface area contributed by atoms with E-state index in [1.54, 1.807) is 19.0 Å². The van der Waals surface area contributed by atoms with Crippen LogP contribution in [0.1, 0.15) is 19.8 Å². The highest BCUT2D eigenvalue weighted by molar-refractivity contribution is 5.77. The van der Waals surface area contributed by atoms with Crippen LogP contribution >= 0.6 is 0 Å². The van der Waals surface area contributed by atoms with Crippen molar-refractivity contribution >= 4 is 5.91 Å². The van der Waals surface area contributed by atoms with Gasteiger partial charge < -0.3 is 9.74 Å². The highest BCUT2D eigenvalue weighted by Crippen LogP contribution is 2.10. The molecular weight excluding hydrogens is 206 g/mol. The van der Waals surface area contributed by atoms with Crippen LogP contribution in [-0.2, 0) is 9.63 Å². The minimum absolute atomic E-state index is 0.177. The number of nitrogens with one attached hydrogen (secondary N) is 1. The number of nitrogens with zero attached hydrogens (tertiary/aromatic N) is 2. The zero-order chi connectivity index (χ0) is 12.0. The van der Waals surface area contributed by atoms with Crippen molar-refractivity contribution in [1.82, 2.24) is 15.3 Å². The summed E-state index contributed by atoms with van der Waals surface area (Å²) in [5, 5.41) is 0. The van der Waals surface area contributed by atoms with Crippen molar-refractivity contribution in [3.8, 4) is 0 Å². The van der Waals surface area contributed by atoms with E-state index in [2.05, 4.69) is 10.4 Å². The number of rotatable bonds is 5. The summed E-state index contributed by atoms with van der Waals surface area (Å²) in [6.45, 7) is 5.13. The van der Waals surface area contributed by atoms with Crippen LogP contribution in [0.4, 0.5) is 0 Å². The van der Waals surface area contributed by atoms with Crippen LogP contribution in [-0.4, -0.2) is 62.1 Å². The molecule has 5 nitrogen and oxygen atoms in total. The Hall–Kier alpha value is -0.650. The summed E-state index contributed by atoms with van der Waals surface area (Å²) in [7, 11) is 3.59. The molecule has 1 rings (SSSR count). The molecule has 0 aromatic rings. The molecule has 0 aromatic carbocycles. The summed E-state index contributed by atoms with van der Waals surface area (Å²) < 4.78 is 0. The maximum absolute atomic E-state index is 11.5. The Bertz CT molecular complexity index is 213. The minimum atomic E-state index is 0.177. The Labute approximate surface area is 97.7 Å². The van der Waals surface area contributed by atoms with Gasteiger partial charge >= 0.3 is 0 Å². The van der Waals surface area contributed by atoms with Crippen LogP contribution < -0.4 is 5.48 Å². The molecule has 1 N–H and O–H groups in total. The molecule has 0 spiro atoms. The Morgan fingerprint density at radius 3 is 2.56 bits per heavy atom. The van der Waals surface area contributed by atoms with E-state index in [-0.39, 0.29) is 5.91 Å². The second-order valence-corrected chi connectivity index (χ2v) is 4.39. The Balaban J connectivity index is 2.19. The van der Waals surface area contributed by atoms with Gasteiger partial charge in [-0.05, 0) is 19.8 Å². The number of hydrogen-bond acceptors (Lipinski definition) is 4. The predicted octanol–water partition coefficient (Wildman–Crippen LogP) is 0.0801. The molecule has 94 valence electrons. The number of hydroxylamine groups is 1. The lowest BCUT2D eigenvalue weighted by Gasteiger charge is -2.32. The van der Waals surface area contributed by atoms with Crippen molar-refractivity contribution in [2.45, 2.75) is 25.8 Å². The highest BCUT2D eigenvalue weighted by atomic mass is 16.6. The molecule has 0 atom stereocenters. The second-order valence-electron chi connectivity index (χ2n) is 4.39. The maximum atomic E-state index is 11.5. The van der Waals surface area contributed by atoms with Gasteiger partial charge in [0.1, 0.15) is 0 Å². The third-order valence-electron chi connectivity index (χ3n) is 2.84. The van der Waals surface area contributed by atoms with Gasteiger partial charge in [0.05, 0.1) is 13.2 Å². The van der Waals surface area contributed by atoms with E-state index in [1.807, 2.05) is 6.92 Å². The fourth-order valence-corrected chi connectivity index (χ4v) is 1.74. The number of hydrogen-bond donors (Lipinski definition) is 1. The van der Waals surface area contributed by atoms with Gasteiger partial charge in [-0.15, -0.1) is 0 Å². The summed E-state index contributed by atoms with van der Waals surface area (Å²) >= 11 is 0. The quantitative estimate of drug-likeness (QED) is 0.678. The van der Waals surface area contributed by atoms with Crippen LogP contribution in [0, 0.1) is 0 Å². The molecule has 0 aliphatic carbocycles. The van der Waals surface area contributed by atoms with Crippen LogP contribution in [0.2, 0.25) is 0 Å². The van der Waals surface area contributed by atoms with Crippen molar-refractivity contribution in [3.63, 3.8) is 0 Å². The fourth-order valence-electron chi connectivity index (χ4n) is 1.74. The SMILES string of the molecule is CCONC1CCN(CC(=O)N(C)C)CC1. The van der Waals surface area contributed by atoms with Gasteiger partial charge in [0, 0.05) is 33.2 Å². The molecule has 0 radical (unpaired) electrons. The number of carbonyl (C=O) groups excluding carboxylic acids is 1. The summed E-state index contributed by atoms with van der Waals surface area (Å²) in [6, 6.07) is 0.436. The smallest absolute Gasteiger partial charge is 0.236 e. The van der Waals surface area contributed by atoms with Crippen LogP contribution in [0.5, 0.6) is 0 Å². The normalized spacial score (nSPS) is 18.7. The molecule has 0 saturated carbocycles. The van der Waals surface area contributed by atoms with E-state index in [0.29, 0.717) is 19.2 Å². The largest absolute Gasteiger partial charge is 0.348 e. The Kier molecular flexibility index (Phi) is 5.73. The summed E-state index contributed by atoms with van der Waals surface area (Å²) in [4.78, 5) is 20.5. The molecule has 0 unspecified atom stereocenters. The summed E-state index contributed by atoms with van der Waals surface area (Å²) in [5.41, 5.74) is 3.05. The van der Waals surface area contributed by atoms with E-state index in [9.17, 15) is 4.79 Å². The first-order valence-electron chi connectivity index (χ1n) is 5.93. The lowest BCUT2D eigenvalue weighted by molar-refractivity contribution is -0.130. The van der Waals surface area contributed by atoms with Gasteiger partial charge in [-0.2, -0.15) is 5.48 Å². The summed E-state index contributed by atoms with van der Waals surface area (Å²) in [6.07, 6.45) is 2.08. The lowest BCUT2D eigenvalue weighted by Crippen LogP contribution is -2.45. The van der Waals surface area contributed by atoms with E-state index in [4.69, 9.17) is 4.84 Å². The van der Waals surface area contributed by atoms with E-state index in [1.165, 1.54) is 0 Å². The van der Waals surface area contributed by atoms with E-state index < -0.39 is 0 Å². The molecule has 5 heteroatoms. The minimum Gasteiger partial charge on any atom is -0.348 e. The van der Waals surface area contributed by atoms with Gasteiger partial charge in [0.25, 0.3) is 0 Å². The first kappa shape index (κ1) is 13.4. The van der Waals surface area contributed by atoms with Gasteiger partial charge in [-0.1, -0.05) is 0 Å². The summed E-state index contributed by atoms with van der Waals surface area (Å²) in [5.74, 6) is 0.177. The van der Waals surface area contributed by atoms with Gasteiger partial charge in [-0.3, -0.25) is 9.69 Å². The zero-order valence-corrected chi connectivity index (χ0v) is 10.5. The third kappa shape index (κ3) is 4.47. The van der Waals surface area contributed by atoms with Gasteiger partial charge in [-0.25, -0.2) is 0 Å². The number of carbonyl (C=O) groups is 1. The average molecular weight is 229 g/mol. The second kappa shape index (κ2) is 6.83. The molecular formula is C11H23N3O2. The monoisotopic (exact) mass is 229 g/mol. The predicted molar refractivity (Wildman–Crippen MR) is 62.9 cm³/mol. The molecule has 1 amide bonds. The highest BCUT2D eigenvalue weighted by Gasteiger charge is 2.21. The Morgan fingerprint density at radius 1 is 1.44 bits per heavy atom. The third-order valence-corrected chi connectivity index (χ3v) is 2.84. The fraction of sp³-hybridized carbons (Fsp3) is 0.909. The van der Waals surface area contributed by atoms with Gasteiger partial charge in [0.2, 0.25) is 5.91 Å². The number of likely N-dealkylation sites (tertiary alicyclic amines) is 1. The van der Waals surface area contributed by atoms with Crippen molar-refractivity contribution in [3.05, 3.63) is 0 Å². The van der Waals surface area contributed by atoms with Crippen molar-refractivity contribution < 1.29 is 9.63 Å². The zero-order valence-electron chi connectivity index (χ0n) is 10.5. The lowest BCUT2D eigenvalue weighted by atomic mass is 10.1. The van der Waals surface area contributed by atoms with Crippen LogP contribution in [0.3, 0.4) is 0 Å². The number of likely N-dealkylation sites (N-methyl/N-ethyl adjacent to an activating group) is 1. The molecule has 0 aromatic heterocycles. The topological polar surface area (TPSA) is 44.8 Å². The molecule has 0 bridgehead atoms. The van der Waals surface area contributed by atoms with E-state index in [0.717, 1.165) is 25.9 Å². The maximum Gasteiger partial charge on any atom is 0.236 e. The number of amides is 1. The number of piperidine rings is 1. The van der Waals surface area contributed by atoms with Crippen molar-refractivity contribution in [1.29, 1.82) is 0 Å². The molecule has 1 saturated heterocycles. The van der Waals surface area contributed by atoms with Crippen LogP contribution in [0.15, 0.2) is 0 Å². The van der Waals surface area contributed by atoms with Gasteiger partial charge in [0.15, 0.2) is 0 Å². The molecule has 1 fully saturated rings. The Morgan fingerprint density at radius 2 is 2.06 bits per heavy atom. The standard InChI is InChI=1S/C11H23N3O2/c1-4-16-12-10-5-7-14(8-6-10)9-11(15)13(2)3/h10,12H,4-9H2,1-3H3. The van der Waals surface area contributed by atoms with Crippen molar-refractivity contribution in [2.75, 3.05) is 40.3 Å². The molecule has 16 heavy (non-hydrogen) atoms. The molecule has 1 heterocycles. The van der Waals surface area contributed by atoms with E-state index >= 15 is 0 Å². The molecule has 1 aliphatic rings. The van der Waals surface area contributed by atoms with Crippen molar-refractivity contribution in [2.24, 2.45) is 0 Å².